The van der Waals surface area contributed by atoms with Crippen LogP contribution in [0.3, 0.4) is 0 Å². The van der Waals surface area contributed by atoms with E-state index in [0.717, 1.165) is 37.1 Å². The fourth-order valence-corrected chi connectivity index (χ4v) is 4.71. The van der Waals surface area contributed by atoms with E-state index >= 15 is 0 Å². The summed E-state index contributed by atoms with van der Waals surface area (Å²) in [7, 11) is 0. The first-order valence-electron chi connectivity index (χ1n) is 11.7. The molecule has 4 rings (SSSR count). The standard InChI is InChI=1S/C25H25F6N3O2/c26-24(27,28)17-4-3-5-19(14-17)32-23(36)16-12-18(25(29,30)31)15-21(13-16)33-10-7-20(8-11-33)34-9-2-1-6-22(34)35/h3-5,12-15,20H,1-2,6-11H2,(H,32,36). The van der Waals surface area contributed by atoms with Gasteiger partial charge in [0.05, 0.1) is 11.1 Å². The zero-order chi connectivity index (χ0) is 26.1. The fraction of sp³-hybridized carbons (Fsp3) is 0.440. The number of rotatable bonds is 4. The summed E-state index contributed by atoms with van der Waals surface area (Å²) in [5.74, 6) is -0.845. The number of halogens is 6. The number of carbonyl (C=O) groups is 2. The van der Waals surface area contributed by atoms with Crippen LogP contribution in [0.25, 0.3) is 0 Å². The molecule has 36 heavy (non-hydrogen) atoms. The molecule has 5 nitrogen and oxygen atoms in total. The second-order valence-corrected chi connectivity index (χ2v) is 9.06. The van der Waals surface area contributed by atoms with E-state index in [4.69, 9.17) is 0 Å². The molecule has 1 N–H and O–H groups in total. The predicted molar refractivity (Wildman–Crippen MR) is 122 cm³/mol. The average molecular weight is 513 g/mol. The number of likely N-dealkylation sites (tertiary alicyclic amines) is 1. The van der Waals surface area contributed by atoms with Crippen molar-refractivity contribution in [3.8, 4) is 0 Å². The highest BCUT2D eigenvalue weighted by molar-refractivity contribution is 6.05. The van der Waals surface area contributed by atoms with Crippen molar-refractivity contribution in [1.29, 1.82) is 0 Å². The number of amides is 2. The lowest BCUT2D eigenvalue weighted by atomic mass is 9.98. The lowest BCUT2D eigenvalue weighted by molar-refractivity contribution is -0.138. The minimum absolute atomic E-state index is 0.0310. The third-order valence-corrected chi connectivity index (χ3v) is 6.59. The van der Waals surface area contributed by atoms with Crippen LogP contribution in [0.4, 0.5) is 37.7 Å². The zero-order valence-electron chi connectivity index (χ0n) is 19.3. The van der Waals surface area contributed by atoms with Gasteiger partial charge >= 0.3 is 12.4 Å². The monoisotopic (exact) mass is 513 g/mol. The fourth-order valence-electron chi connectivity index (χ4n) is 4.71. The van der Waals surface area contributed by atoms with Crippen molar-refractivity contribution in [3.05, 3.63) is 59.2 Å². The minimum atomic E-state index is -4.72. The highest BCUT2D eigenvalue weighted by atomic mass is 19.4. The molecule has 0 aromatic heterocycles. The number of carbonyl (C=O) groups excluding carboxylic acids is 2. The number of benzene rings is 2. The van der Waals surface area contributed by atoms with E-state index in [1.165, 1.54) is 12.1 Å². The lowest BCUT2D eigenvalue weighted by Gasteiger charge is -2.41. The molecule has 0 spiro atoms. The van der Waals surface area contributed by atoms with Gasteiger partial charge in [0.1, 0.15) is 0 Å². The molecule has 2 aliphatic rings. The van der Waals surface area contributed by atoms with Crippen molar-refractivity contribution in [2.45, 2.75) is 50.5 Å². The van der Waals surface area contributed by atoms with Gasteiger partial charge in [0.2, 0.25) is 5.91 Å². The molecular formula is C25H25F6N3O2. The minimum Gasteiger partial charge on any atom is -0.371 e. The molecule has 0 saturated carbocycles. The van der Waals surface area contributed by atoms with E-state index in [2.05, 4.69) is 5.32 Å². The first-order valence-corrected chi connectivity index (χ1v) is 11.7. The third kappa shape index (κ3) is 5.93. The maximum absolute atomic E-state index is 13.6. The Bertz CT molecular complexity index is 1120. The predicted octanol–water partition coefficient (Wildman–Crippen LogP) is 5.96. The quantitative estimate of drug-likeness (QED) is 0.514. The van der Waals surface area contributed by atoms with Crippen molar-refractivity contribution in [1.82, 2.24) is 4.90 Å². The summed E-state index contributed by atoms with van der Waals surface area (Å²) in [5, 5.41) is 2.27. The SMILES string of the molecule is O=C(Nc1cccc(C(F)(F)F)c1)c1cc(N2CCC(N3CCCCC3=O)CC2)cc(C(F)(F)F)c1. The normalized spacial score (nSPS) is 17.9. The molecule has 11 heteroatoms. The highest BCUT2D eigenvalue weighted by Gasteiger charge is 2.34. The number of alkyl halides is 6. The Morgan fingerprint density at radius 3 is 2.19 bits per heavy atom. The molecule has 2 saturated heterocycles. The van der Waals surface area contributed by atoms with Gasteiger partial charge in [-0.15, -0.1) is 0 Å². The topological polar surface area (TPSA) is 52.7 Å². The van der Waals surface area contributed by atoms with Gasteiger partial charge in [-0.2, -0.15) is 26.3 Å². The molecule has 2 aromatic rings. The first kappa shape index (κ1) is 25.8. The summed E-state index contributed by atoms with van der Waals surface area (Å²) < 4.78 is 79.8. The van der Waals surface area contributed by atoms with E-state index in [-0.39, 0.29) is 28.9 Å². The van der Waals surface area contributed by atoms with Crippen LogP contribution < -0.4 is 10.2 Å². The molecule has 0 bridgehead atoms. The maximum atomic E-state index is 13.6. The Hall–Kier alpha value is -3.24. The van der Waals surface area contributed by atoms with E-state index in [1.54, 1.807) is 4.90 Å². The molecule has 0 radical (unpaired) electrons. The number of hydrogen-bond donors (Lipinski definition) is 1. The summed E-state index contributed by atoms with van der Waals surface area (Å²) in [6, 6.07) is 6.88. The Balaban J connectivity index is 1.53. The van der Waals surface area contributed by atoms with Crippen LogP contribution in [-0.4, -0.2) is 42.4 Å². The maximum Gasteiger partial charge on any atom is 0.416 e. The molecule has 2 aromatic carbocycles. The highest BCUT2D eigenvalue weighted by Crippen LogP contribution is 2.35. The zero-order valence-corrected chi connectivity index (χ0v) is 19.3. The number of nitrogens with zero attached hydrogens (tertiary/aromatic N) is 2. The van der Waals surface area contributed by atoms with Crippen LogP contribution in [0, 0.1) is 0 Å². The summed E-state index contributed by atoms with van der Waals surface area (Å²) in [6.07, 6.45) is -5.86. The second-order valence-electron chi connectivity index (χ2n) is 9.06. The summed E-state index contributed by atoms with van der Waals surface area (Å²) in [5.41, 5.74) is -2.31. The number of anilines is 2. The lowest BCUT2D eigenvalue weighted by Crippen LogP contribution is -2.49. The Labute approximate surface area is 204 Å². The van der Waals surface area contributed by atoms with E-state index < -0.39 is 29.4 Å². The molecular weight excluding hydrogens is 488 g/mol. The van der Waals surface area contributed by atoms with Crippen molar-refractivity contribution < 1.29 is 35.9 Å². The molecule has 0 unspecified atom stereocenters. The summed E-state index contributed by atoms with van der Waals surface area (Å²) >= 11 is 0. The number of nitrogens with one attached hydrogen (secondary N) is 1. The van der Waals surface area contributed by atoms with Crippen LogP contribution in [0.15, 0.2) is 42.5 Å². The van der Waals surface area contributed by atoms with Crippen LogP contribution >= 0.6 is 0 Å². The van der Waals surface area contributed by atoms with Gasteiger partial charge in [-0.25, -0.2) is 0 Å². The Morgan fingerprint density at radius 2 is 1.56 bits per heavy atom. The summed E-state index contributed by atoms with van der Waals surface area (Å²) in [6.45, 7) is 1.50. The molecule has 2 amide bonds. The Morgan fingerprint density at radius 1 is 0.861 bits per heavy atom. The largest absolute Gasteiger partial charge is 0.416 e. The third-order valence-electron chi connectivity index (χ3n) is 6.59. The van der Waals surface area contributed by atoms with Crippen LogP contribution in [0.5, 0.6) is 0 Å². The van der Waals surface area contributed by atoms with Crippen molar-refractivity contribution in [3.63, 3.8) is 0 Å². The molecule has 2 heterocycles. The van der Waals surface area contributed by atoms with E-state index in [9.17, 15) is 35.9 Å². The molecule has 0 aliphatic carbocycles. The van der Waals surface area contributed by atoms with E-state index in [0.29, 0.717) is 45.0 Å². The van der Waals surface area contributed by atoms with Crippen molar-refractivity contribution in [2.24, 2.45) is 0 Å². The van der Waals surface area contributed by atoms with Gasteiger partial charge < -0.3 is 15.1 Å². The molecule has 2 fully saturated rings. The smallest absolute Gasteiger partial charge is 0.371 e. The van der Waals surface area contributed by atoms with E-state index in [1.807, 2.05) is 4.90 Å². The number of hydrogen-bond acceptors (Lipinski definition) is 3. The van der Waals surface area contributed by atoms with Crippen LogP contribution in [0.2, 0.25) is 0 Å². The second kappa shape index (κ2) is 10.0. The summed E-state index contributed by atoms with van der Waals surface area (Å²) in [4.78, 5) is 28.6. The number of piperidine rings is 2. The van der Waals surface area contributed by atoms with Gasteiger partial charge in [0.15, 0.2) is 0 Å². The van der Waals surface area contributed by atoms with Crippen LogP contribution in [-0.2, 0) is 17.1 Å². The van der Waals surface area contributed by atoms with Crippen molar-refractivity contribution >= 4 is 23.2 Å². The molecule has 0 atom stereocenters. The molecule has 2 aliphatic heterocycles. The first-order chi connectivity index (χ1) is 16.9. The van der Waals surface area contributed by atoms with Gasteiger partial charge in [0, 0.05) is 49.0 Å². The van der Waals surface area contributed by atoms with Gasteiger partial charge in [-0.3, -0.25) is 9.59 Å². The van der Waals surface area contributed by atoms with Crippen molar-refractivity contribution in [2.75, 3.05) is 29.9 Å². The average Bonchev–Trinajstić information content (AvgIpc) is 2.83. The van der Waals surface area contributed by atoms with Gasteiger partial charge in [0.25, 0.3) is 5.91 Å². The Kier molecular flexibility index (Phi) is 7.19. The van der Waals surface area contributed by atoms with Gasteiger partial charge in [-0.1, -0.05) is 6.07 Å². The molecule has 194 valence electrons. The van der Waals surface area contributed by atoms with Gasteiger partial charge in [-0.05, 0) is 62.1 Å². The van der Waals surface area contributed by atoms with Crippen LogP contribution in [0.1, 0.15) is 53.6 Å².